The maximum absolute atomic E-state index is 12.5. The van der Waals surface area contributed by atoms with E-state index in [0.717, 1.165) is 0 Å². The Balaban J connectivity index is 2.43. The largest absolute Gasteiger partial charge is 0.397 e. The fourth-order valence-corrected chi connectivity index (χ4v) is 1.28. The summed E-state index contributed by atoms with van der Waals surface area (Å²) in [6, 6.07) is 4.22. The van der Waals surface area contributed by atoms with E-state index in [1.807, 2.05) is 0 Å². The van der Waals surface area contributed by atoms with Crippen molar-refractivity contribution in [1.29, 1.82) is 0 Å². The smallest absolute Gasteiger partial charge is 0.330 e. The summed E-state index contributed by atoms with van der Waals surface area (Å²) >= 11 is 5.66. The second-order valence-electron chi connectivity index (χ2n) is 3.84. The summed E-state index contributed by atoms with van der Waals surface area (Å²) in [4.78, 5) is 11.3. The molecule has 4 nitrogen and oxygen atoms in total. The van der Waals surface area contributed by atoms with Gasteiger partial charge in [0.15, 0.2) is 0 Å². The van der Waals surface area contributed by atoms with Gasteiger partial charge in [-0.2, -0.15) is 8.78 Å². The fraction of sp³-hybridized carbons (Fsp3) is 0.364. The van der Waals surface area contributed by atoms with E-state index in [4.69, 9.17) is 17.3 Å². The SMILES string of the molecule is Nc1cc(NC(=O)COCC(F)(F)C(F)F)ccc1Cl. The summed E-state index contributed by atoms with van der Waals surface area (Å²) < 4.78 is 52.8. The monoisotopic (exact) mass is 314 g/mol. The van der Waals surface area contributed by atoms with Crippen molar-refractivity contribution < 1.29 is 27.1 Å². The molecule has 0 saturated heterocycles. The van der Waals surface area contributed by atoms with Gasteiger partial charge in [-0.05, 0) is 18.2 Å². The first kappa shape index (κ1) is 16.5. The number of hydrogen-bond acceptors (Lipinski definition) is 3. The van der Waals surface area contributed by atoms with Crippen LogP contribution in [0.4, 0.5) is 28.9 Å². The van der Waals surface area contributed by atoms with E-state index >= 15 is 0 Å². The van der Waals surface area contributed by atoms with Crippen LogP contribution < -0.4 is 11.1 Å². The zero-order chi connectivity index (χ0) is 15.3. The van der Waals surface area contributed by atoms with Crippen LogP contribution in [-0.4, -0.2) is 31.5 Å². The van der Waals surface area contributed by atoms with Gasteiger partial charge in [0.1, 0.15) is 13.2 Å². The highest BCUT2D eigenvalue weighted by atomic mass is 35.5. The van der Waals surface area contributed by atoms with Crippen LogP contribution >= 0.6 is 11.6 Å². The Hall–Kier alpha value is -1.54. The van der Waals surface area contributed by atoms with Gasteiger partial charge in [0.25, 0.3) is 0 Å². The molecule has 0 atom stereocenters. The highest BCUT2D eigenvalue weighted by Gasteiger charge is 2.41. The zero-order valence-corrected chi connectivity index (χ0v) is 10.8. The lowest BCUT2D eigenvalue weighted by molar-refractivity contribution is -0.167. The molecule has 0 aliphatic heterocycles. The van der Waals surface area contributed by atoms with Gasteiger partial charge >= 0.3 is 12.3 Å². The number of alkyl halides is 4. The maximum Gasteiger partial charge on any atom is 0.330 e. The number of amides is 1. The molecule has 0 radical (unpaired) electrons. The zero-order valence-electron chi connectivity index (χ0n) is 10.0. The molecule has 0 aliphatic rings. The van der Waals surface area contributed by atoms with Gasteiger partial charge in [0, 0.05) is 5.69 Å². The molecule has 3 N–H and O–H groups in total. The molecule has 1 amide bonds. The first-order valence-corrected chi connectivity index (χ1v) is 5.69. The van der Waals surface area contributed by atoms with E-state index < -0.39 is 31.5 Å². The van der Waals surface area contributed by atoms with Gasteiger partial charge in [-0.1, -0.05) is 11.6 Å². The topological polar surface area (TPSA) is 64.3 Å². The van der Waals surface area contributed by atoms with Crippen LogP contribution in [-0.2, 0) is 9.53 Å². The quantitative estimate of drug-likeness (QED) is 0.627. The lowest BCUT2D eigenvalue weighted by Crippen LogP contribution is -2.33. The third-order valence-electron chi connectivity index (χ3n) is 2.13. The van der Waals surface area contributed by atoms with E-state index in [1.165, 1.54) is 18.2 Å². The predicted octanol–water partition coefficient (Wildman–Crippen LogP) is 2.78. The molecule has 1 aromatic carbocycles. The van der Waals surface area contributed by atoms with E-state index in [2.05, 4.69) is 10.1 Å². The summed E-state index contributed by atoms with van der Waals surface area (Å²) in [5.41, 5.74) is 5.99. The molecular formula is C11H11ClF4N2O2. The van der Waals surface area contributed by atoms with Gasteiger partial charge in [-0.25, -0.2) is 8.78 Å². The fourth-order valence-electron chi connectivity index (χ4n) is 1.16. The molecule has 1 aromatic rings. The molecule has 0 heterocycles. The summed E-state index contributed by atoms with van der Waals surface area (Å²) in [7, 11) is 0. The van der Waals surface area contributed by atoms with Crippen LogP contribution in [0.2, 0.25) is 5.02 Å². The van der Waals surface area contributed by atoms with Crippen molar-refractivity contribution >= 4 is 28.9 Å². The second-order valence-corrected chi connectivity index (χ2v) is 4.25. The first-order valence-electron chi connectivity index (χ1n) is 5.31. The average Bonchev–Trinajstić information content (AvgIpc) is 2.33. The van der Waals surface area contributed by atoms with Crippen molar-refractivity contribution in [3.8, 4) is 0 Å². The van der Waals surface area contributed by atoms with Crippen LogP contribution in [0.15, 0.2) is 18.2 Å². The molecule has 0 bridgehead atoms. The van der Waals surface area contributed by atoms with Crippen LogP contribution in [0.3, 0.4) is 0 Å². The third-order valence-corrected chi connectivity index (χ3v) is 2.47. The van der Waals surface area contributed by atoms with Gasteiger partial charge in [-0.3, -0.25) is 4.79 Å². The van der Waals surface area contributed by atoms with E-state index in [9.17, 15) is 22.4 Å². The lowest BCUT2D eigenvalue weighted by atomic mass is 10.3. The Bertz CT molecular complexity index is 485. The molecule has 0 aliphatic carbocycles. The van der Waals surface area contributed by atoms with Crippen LogP contribution in [0.1, 0.15) is 0 Å². The number of benzene rings is 1. The molecule has 1 rings (SSSR count). The van der Waals surface area contributed by atoms with E-state index in [0.29, 0.717) is 0 Å². The van der Waals surface area contributed by atoms with Crippen LogP contribution in [0.25, 0.3) is 0 Å². The minimum Gasteiger partial charge on any atom is -0.397 e. The number of anilines is 2. The first-order chi connectivity index (χ1) is 9.22. The Kier molecular flexibility index (Phi) is 5.58. The number of carbonyl (C=O) groups is 1. The Labute approximate surface area is 116 Å². The number of carbonyl (C=O) groups excluding carboxylic acids is 1. The highest BCUT2D eigenvalue weighted by molar-refractivity contribution is 6.33. The minimum atomic E-state index is -4.29. The standard InChI is InChI=1S/C11H11ClF4N2O2/c12-7-2-1-6(3-8(7)17)18-9(19)4-20-5-11(15,16)10(13)14/h1-3,10H,4-5,17H2,(H,18,19). The molecule has 0 aromatic heterocycles. The molecule has 0 fully saturated rings. The third kappa shape index (κ3) is 4.86. The van der Waals surface area contributed by atoms with Crippen molar-refractivity contribution in [2.45, 2.75) is 12.3 Å². The normalized spacial score (nSPS) is 11.7. The van der Waals surface area contributed by atoms with Crippen molar-refractivity contribution in [2.75, 3.05) is 24.3 Å². The Morgan fingerprint density at radius 2 is 2.10 bits per heavy atom. The highest BCUT2D eigenvalue weighted by Crippen LogP contribution is 2.23. The summed E-state index contributed by atoms with van der Waals surface area (Å²) in [6.45, 7) is -2.33. The van der Waals surface area contributed by atoms with Gasteiger partial charge in [0.05, 0.1) is 10.7 Å². The van der Waals surface area contributed by atoms with E-state index in [-0.39, 0.29) is 16.4 Å². The predicted molar refractivity (Wildman–Crippen MR) is 66.3 cm³/mol. The number of rotatable bonds is 6. The number of nitrogens with two attached hydrogens (primary N) is 1. The molecule has 0 unspecified atom stereocenters. The lowest BCUT2D eigenvalue weighted by Gasteiger charge is -2.15. The summed E-state index contributed by atoms with van der Waals surface area (Å²) in [5.74, 6) is -5.07. The second kappa shape index (κ2) is 6.76. The minimum absolute atomic E-state index is 0.217. The van der Waals surface area contributed by atoms with Crippen molar-refractivity contribution in [3.63, 3.8) is 0 Å². The van der Waals surface area contributed by atoms with Crippen LogP contribution in [0.5, 0.6) is 0 Å². The van der Waals surface area contributed by atoms with Crippen LogP contribution in [0, 0.1) is 0 Å². The Morgan fingerprint density at radius 1 is 1.45 bits per heavy atom. The molecule has 0 spiro atoms. The number of nitrogen functional groups attached to an aromatic ring is 1. The summed E-state index contributed by atoms with van der Waals surface area (Å²) in [5, 5.41) is 2.58. The van der Waals surface area contributed by atoms with Crippen molar-refractivity contribution in [3.05, 3.63) is 23.2 Å². The maximum atomic E-state index is 12.5. The molecule has 20 heavy (non-hydrogen) atoms. The number of hydrogen-bond donors (Lipinski definition) is 2. The van der Waals surface area contributed by atoms with Crippen molar-refractivity contribution in [2.24, 2.45) is 0 Å². The average molecular weight is 315 g/mol. The van der Waals surface area contributed by atoms with Crippen molar-refractivity contribution in [1.82, 2.24) is 0 Å². The molecule has 0 saturated carbocycles. The summed E-state index contributed by atoms with van der Waals surface area (Å²) in [6.07, 6.45) is -3.85. The van der Waals surface area contributed by atoms with Gasteiger partial charge in [-0.15, -0.1) is 0 Å². The number of ether oxygens (including phenoxy) is 1. The van der Waals surface area contributed by atoms with Gasteiger partial charge < -0.3 is 15.8 Å². The number of nitrogens with one attached hydrogen (secondary N) is 1. The van der Waals surface area contributed by atoms with Gasteiger partial charge in [0.2, 0.25) is 5.91 Å². The molecular weight excluding hydrogens is 304 g/mol. The molecule has 9 heteroatoms. The number of halogens is 5. The van der Waals surface area contributed by atoms with E-state index in [1.54, 1.807) is 0 Å². The Morgan fingerprint density at radius 3 is 2.65 bits per heavy atom. The molecule has 112 valence electrons.